The van der Waals surface area contributed by atoms with E-state index in [4.69, 9.17) is 16.3 Å². The van der Waals surface area contributed by atoms with Crippen molar-refractivity contribution in [1.82, 2.24) is 0 Å². The Bertz CT molecular complexity index is 638. The minimum atomic E-state index is 0.120. The normalized spacial score (nSPS) is 18.6. The summed E-state index contributed by atoms with van der Waals surface area (Å²) in [6, 6.07) is 16.5. The molecule has 0 N–H and O–H groups in total. The molecule has 1 aliphatic rings. The number of rotatable bonds is 2. The van der Waals surface area contributed by atoms with Gasteiger partial charge in [0.1, 0.15) is 6.10 Å². The second-order valence-electron chi connectivity index (χ2n) is 5.28. The van der Waals surface area contributed by atoms with Gasteiger partial charge in [0, 0.05) is 5.02 Å². The molecule has 0 amide bonds. The van der Waals surface area contributed by atoms with Gasteiger partial charge in [-0.2, -0.15) is 0 Å². The van der Waals surface area contributed by atoms with Crippen LogP contribution < -0.4 is 0 Å². The lowest BCUT2D eigenvalue weighted by molar-refractivity contribution is 0.121. The molecule has 0 aliphatic carbocycles. The lowest BCUT2D eigenvalue weighted by Gasteiger charge is -2.13. The Morgan fingerprint density at radius 2 is 1.45 bits per heavy atom. The number of halogens is 1. The van der Waals surface area contributed by atoms with E-state index in [-0.39, 0.29) is 6.10 Å². The van der Waals surface area contributed by atoms with Crippen molar-refractivity contribution in [2.45, 2.75) is 20.0 Å². The summed E-state index contributed by atoms with van der Waals surface area (Å²) in [5.41, 5.74) is 6.27. The van der Waals surface area contributed by atoms with Gasteiger partial charge < -0.3 is 4.74 Å². The van der Waals surface area contributed by atoms with Crippen LogP contribution in [0.15, 0.2) is 59.7 Å². The molecule has 1 heterocycles. The van der Waals surface area contributed by atoms with E-state index in [0.29, 0.717) is 0 Å². The van der Waals surface area contributed by atoms with Crippen molar-refractivity contribution in [3.05, 3.63) is 70.3 Å². The summed E-state index contributed by atoms with van der Waals surface area (Å²) in [5.74, 6) is 0. The molecule has 2 heteroatoms. The quantitative estimate of drug-likeness (QED) is 0.670. The third-order valence-electron chi connectivity index (χ3n) is 3.92. The van der Waals surface area contributed by atoms with Crippen LogP contribution in [0.1, 0.15) is 25.5 Å². The summed E-state index contributed by atoms with van der Waals surface area (Å²) in [6.07, 6.45) is 0.120. The molecule has 0 spiro atoms. The van der Waals surface area contributed by atoms with Crippen molar-refractivity contribution in [3.8, 4) is 11.1 Å². The maximum absolute atomic E-state index is 5.92. The molecular formula is C18H17ClO. The van der Waals surface area contributed by atoms with Crippen LogP contribution in [-0.4, -0.2) is 6.61 Å². The molecule has 1 aliphatic heterocycles. The summed E-state index contributed by atoms with van der Waals surface area (Å²) >= 11 is 5.92. The van der Waals surface area contributed by atoms with Crippen LogP contribution >= 0.6 is 11.6 Å². The van der Waals surface area contributed by atoms with Crippen molar-refractivity contribution in [1.29, 1.82) is 0 Å². The van der Waals surface area contributed by atoms with Crippen molar-refractivity contribution < 1.29 is 4.74 Å². The van der Waals surface area contributed by atoms with Gasteiger partial charge in [-0.05, 0) is 53.8 Å². The molecule has 0 bridgehead atoms. The Hall–Kier alpha value is -1.57. The van der Waals surface area contributed by atoms with Crippen molar-refractivity contribution in [2.24, 2.45) is 0 Å². The molecule has 20 heavy (non-hydrogen) atoms. The van der Waals surface area contributed by atoms with E-state index < -0.39 is 0 Å². The molecule has 1 atom stereocenters. The van der Waals surface area contributed by atoms with Crippen LogP contribution in [-0.2, 0) is 4.74 Å². The SMILES string of the molecule is CC1=C(C)C(c2ccc(-c3ccc(Cl)cc3)cc2)OC1. The highest BCUT2D eigenvalue weighted by Crippen LogP contribution is 2.34. The zero-order valence-corrected chi connectivity index (χ0v) is 12.4. The highest BCUT2D eigenvalue weighted by atomic mass is 35.5. The number of hydrogen-bond acceptors (Lipinski definition) is 1. The van der Waals surface area contributed by atoms with Gasteiger partial charge in [-0.3, -0.25) is 0 Å². The van der Waals surface area contributed by atoms with Gasteiger partial charge in [0.25, 0.3) is 0 Å². The average molecular weight is 285 g/mol. The van der Waals surface area contributed by atoms with E-state index in [1.54, 1.807) is 0 Å². The largest absolute Gasteiger partial charge is 0.365 e. The third kappa shape index (κ3) is 2.52. The first kappa shape index (κ1) is 13.4. The molecule has 0 saturated heterocycles. The maximum atomic E-state index is 5.92. The number of benzene rings is 2. The predicted octanol–water partition coefficient (Wildman–Crippen LogP) is 5.41. The van der Waals surface area contributed by atoms with Crippen LogP contribution in [0.25, 0.3) is 11.1 Å². The molecule has 3 rings (SSSR count). The van der Waals surface area contributed by atoms with Gasteiger partial charge in [-0.15, -0.1) is 0 Å². The molecule has 1 nitrogen and oxygen atoms in total. The van der Waals surface area contributed by atoms with E-state index >= 15 is 0 Å². The first-order chi connectivity index (χ1) is 9.65. The minimum absolute atomic E-state index is 0.120. The predicted molar refractivity (Wildman–Crippen MR) is 84.0 cm³/mol. The molecule has 0 fully saturated rings. The van der Waals surface area contributed by atoms with Crippen LogP contribution in [0, 0.1) is 0 Å². The molecule has 2 aromatic rings. The fourth-order valence-corrected chi connectivity index (χ4v) is 2.64. The van der Waals surface area contributed by atoms with E-state index in [1.165, 1.54) is 27.8 Å². The Balaban J connectivity index is 1.87. The molecule has 0 aromatic heterocycles. The van der Waals surface area contributed by atoms with E-state index in [0.717, 1.165) is 11.6 Å². The topological polar surface area (TPSA) is 9.23 Å². The Morgan fingerprint density at radius 1 is 0.900 bits per heavy atom. The fraction of sp³-hybridized carbons (Fsp3) is 0.222. The van der Waals surface area contributed by atoms with Gasteiger partial charge in [-0.1, -0.05) is 48.0 Å². The second kappa shape index (κ2) is 5.43. The van der Waals surface area contributed by atoms with Gasteiger partial charge in [0.15, 0.2) is 0 Å². The standard InChI is InChI=1S/C18H17ClO/c1-12-11-20-18(13(12)2)16-5-3-14(4-6-16)15-7-9-17(19)10-8-15/h3-10,18H,11H2,1-2H3. The summed E-state index contributed by atoms with van der Waals surface area (Å²) in [5, 5.41) is 0.765. The number of ether oxygens (including phenoxy) is 1. The molecule has 2 aromatic carbocycles. The number of hydrogen-bond donors (Lipinski definition) is 0. The van der Waals surface area contributed by atoms with Gasteiger partial charge in [-0.25, -0.2) is 0 Å². The monoisotopic (exact) mass is 284 g/mol. The average Bonchev–Trinajstić information content (AvgIpc) is 2.80. The third-order valence-corrected chi connectivity index (χ3v) is 4.18. The van der Waals surface area contributed by atoms with Gasteiger partial charge in [0.2, 0.25) is 0 Å². The van der Waals surface area contributed by atoms with E-state index in [9.17, 15) is 0 Å². The molecular weight excluding hydrogens is 268 g/mol. The lowest BCUT2D eigenvalue weighted by atomic mass is 9.98. The fourth-order valence-electron chi connectivity index (χ4n) is 2.51. The second-order valence-corrected chi connectivity index (χ2v) is 5.72. The van der Waals surface area contributed by atoms with E-state index in [2.05, 4.69) is 38.1 Å². The van der Waals surface area contributed by atoms with Crippen LogP contribution in [0.4, 0.5) is 0 Å². The lowest BCUT2D eigenvalue weighted by Crippen LogP contribution is -1.98. The zero-order valence-electron chi connectivity index (χ0n) is 11.7. The maximum Gasteiger partial charge on any atom is 0.104 e. The van der Waals surface area contributed by atoms with E-state index in [1.807, 2.05) is 24.3 Å². The van der Waals surface area contributed by atoms with Crippen molar-refractivity contribution in [3.63, 3.8) is 0 Å². The highest BCUT2D eigenvalue weighted by molar-refractivity contribution is 6.30. The molecule has 102 valence electrons. The summed E-state index contributed by atoms with van der Waals surface area (Å²) in [4.78, 5) is 0. The minimum Gasteiger partial charge on any atom is -0.365 e. The molecule has 0 saturated carbocycles. The van der Waals surface area contributed by atoms with Crippen LogP contribution in [0.5, 0.6) is 0 Å². The molecule has 1 unspecified atom stereocenters. The molecule has 0 radical (unpaired) electrons. The zero-order chi connectivity index (χ0) is 14.1. The summed E-state index contributed by atoms with van der Waals surface area (Å²) < 4.78 is 5.83. The smallest absolute Gasteiger partial charge is 0.104 e. The van der Waals surface area contributed by atoms with Crippen LogP contribution in [0.2, 0.25) is 5.02 Å². The van der Waals surface area contributed by atoms with Gasteiger partial charge in [0.05, 0.1) is 6.61 Å². The Labute approximate surface area is 124 Å². The highest BCUT2D eigenvalue weighted by Gasteiger charge is 2.21. The summed E-state index contributed by atoms with van der Waals surface area (Å²) in [6.45, 7) is 5.03. The van der Waals surface area contributed by atoms with Crippen molar-refractivity contribution in [2.75, 3.05) is 6.61 Å². The summed E-state index contributed by atoms with van der Waals surface area (Å²) in [7, 11) is 0. The van der Waals surface area contributed by atoms with Crippen molar-refractivity contribution >= 4 is 11.6 Å². The first-order valence-electron chi connectivity index (χ1n) is 6.79. The Kier molecular flexibility index (Phi) is 3.64. The first-order valence-corrected chi connectivity index (χ1v) is 7.16. The Morgan fingerprint density at radius 3 is 1.95 bits per heavy atom. The van der Waals surface area contributed by atoms with Crippen LogP contribution in [0.3, 0.4) is 0 Å². The van der Waals surface area contributed by atoms with Gasteiger partial charge >= 0.3 is 0 Å².